The van der Waals surface area contributed by atoms with Gasteiger partial charge in [0.05, 0.1) is 22.1 Å². The maximum Gasteiger partial charge on any atom is 0.311 e. The molecular formula is C33H32Br2Cl2N2O6. The summed E-state index contributed by atoms with van der Waals surface area (Å²) in [6.07, 6.45) is 2.25. The van der Waals surface area contributed by atoms with Gasteiger partial charge in [0.15, 0.2) is 4.84 Å². The molecule has 2 heterocycles. The SMILES string of the molecule is CC1(C)OC(c2ccco2)CN1C(=O)C(Cl)Cl.CC1(C)[C@H](C(=O)O[C@H](C#N)c2cccc(Oc3ccccc3)c2)[C@@H]1C=C(Br)Br. The molecule has 1 amide bonds. The molecule has 8 nitrogen and oxygen atoms in total. The highest BCUT2D eigenvalue weighted by Gasteiger charge is 2.62. The van der Waals surface area contributed by atoms with Crippen LogP contribution in [0.4, 0.5) is 0 Å². The quantitative estimate of drug-likeness (QED) is 0.166. The minimum Gasteiger partial charge on any atom is -0.467 e. The van der Waals surface area contributed by atoms with E-state index in [1.165, 1.54) is 4.90 Å². The summed E-state index contributed by atoms with van der Waals surface area (Å²) in [5.41, 5.74) is -0.366. The van der Waals surface area contributed by atoms with Gasteiger partial charge in [0.25, 0.3) is 5.91 Å². The van der Waals surface area contributed by atoms with Crippen LogP contribution in [0.1, 0.15) is 51.2 Å². The Hall–Kier alpha value is -2.81. The van der Waals surface area contributed by atoms with Gasteiger partial charge >= 0.3 is 5.97 Å². The van der Waals surface area contributed by atoms with Gasteiger partial charge in [0, 0.05) is 5.56 Å². The maximum absolute atomic E-state index is 12.7. The van der Waals surface area contributed by atoms with Crippen LogP contribution in [0, 0.1) is 28.6 Å². The third-order valence-corrected chi connectivity index (χ3v) is 8.61. The zero-order valence-corrected chi connectivity index (χ0v) is 29.6. The lowest BCUT2D eigenvalue weighted by Crippen LogP contribution is -2.45. The molecule has 45 heavy (non-hydrogen) atoms. The topological polar surface area (TPSA) is 102 Å². The molecule has 0 spiro atoms. The Kier molecular flexibility index (Phi) is 11.5. The van der Waals surface area contributed by atoms with Gasteiger partial charge in [-0.2, -0.15) is 5.26 Å². The lowest BCUT2D eigenvalue weighted by molar-refractivity contribution is -0.149. The minimum atomic E-state index is -1.08. The number of nitrogens with zero attached hydrogens (tertiary/aromatic N) is 2. The molecule has 2 fully saturated rings. The Morgan fingerprint density at radius 3 is 2.33 bits per heavy atom. The van der Waals surface area contributed by atoms with E-state index in [2.05, 4.69) is 37.9 Å². The van der Waals surface area contributed by atoms with Crippen molar-refractivity contribution in [1.29, 1.82) is 5.26 Å². The predicted octanol–water partition coefficient (Wildman–Crippen LogP) is 9.21. The zero-order valence-electron chi connectivity index (χ0n) is 25.0. The number of amides is 1. The van der Waals surface area contributed by atoms with Crippen LogP contribution < -0.4 is 4.74 Å². The first kappa shape index (κ1) is 35.1. The fourth-order valence-corrected chi connectivity index (χ4v) is 6.03. The van der Waals surface area contributed by atoms with E-state index in [9.17, 15) is 14.9 Å². The van der Waals surface area contributed by atoms with Gasteiger partial charge in [0.1, 0.15) is 35.2 Å². The second-order valence-corrected chi connectivity index (χ2v) is 15.4. The number of carbonyl (C=O) groups excluding carboxylic acids is 2. The Bertz CT molecular complexity index is 1550. The number of hydrogen-bond donors (Lipinski definition) is 0. The van der Waals surface area contributed by atoms with Crippen LogP contribution in [0.15, 0.2) is 86.9 Å². The van der Waals surface area contributed by atoms with Crippen LogP contribution in [0.2, 0.25) is 0 Å². The van der Waals surface area contributed by atoms with E-state index < -0.39 is 16.7 Å². The molecule has 1 aliphatic carbocycles. The van der Waals surface area contributed by atoms with Crippen LogP contribution in [0.3, 0.4) is 0 Å². The highest BCUT2D eigenvalue weighted by Crippen LogP contribution is 2.60. The lowest BCUT2D eigenvalue weighted by Gasteiger charge is -2.29. The Labute approximate surface area is 289 Å². The number of allylic oxidation sites excluding steroid dienone is 1. The second kappa shape index (κ2) is 14.7. The second-order valence-electron chi connectivity index (χ2n) is 11.5. The number of para-hydroxylation sites is 1. The smallest absolute Gasteiger partial charge is 0.311 e. The summed E-state index contributed by atoms with van der Waals surface area (Å²) in [5.74, 6) is 1.02. The summed E-state index contributed by atoms with van der Waals surface area (Å²) in [4.78, 5) is 24.9. The van der Waals surface area contributed by atoms with Crippen molar-refractivity contribution < 1.29 is 28.2 Å². The Balaban J connectivity index is 0.000000231. The van der Waals surface area contributed by atoms with Gasteiger partial charge in [-0.3, -0.25) is 9.59 Å². The third-order valence-electron chi connectivity index (χ3n) is 7.70. The minimum absolute atomic E-state index is 0.0563. The first-order valence-electron chi connectivity index (χ1n) is 14.0. The molecule has 1 unspecified atom stereocenters. The number of rotatable bonds is 8. The molecule has 2 aliphatic rings. The van der Waals surface area contributed by atoms with Crippen molar-refractivity contribution in [3.63, 3.8) is 0 Å². The number of alkyl halides is 2. The molecule has 238 valence electrons. The summed E-state index contributed by atoms with van der Waals surface area (Å²) >= 11 is 17.9. The summed E-state index contributed by atoms with van der Waals surface area (Å²) in [6.45, 7) is 8.00. The Morgan fingerprint density at radius 1 is 1.04 bits per heavy atom. The van der Waals surface area contributed by atoms with Crippen LogP contribution in [-0.2, 0) is 19.1 Å². The fraction of sp³-hybridized carbons (Fsp3) is 0.364. The number of benzene rings is 2. The highest BCUT2D eigenvalue weighted by atomic mass is 79.9. The average molecular weight is 783 g/mol. The van der Waals surface area contributed by atoms with Gasteiger partial charge in [-0.25, -0.2) is 0 Å². The van der Waals surface area contributed by atoms with Gasteiger partial charge < -0.3 is 23.5 Å². The van der Waals surface area contributed by atoms with Gasteiger partial charge in [-0.15, -0.1) is 0 Å². The van der Waals surface area contributed by atoms with Crippen molar-refractivity contribution in [2.75, 3.05) is 6.54 Å². The summed E-state index contributed by atoms with van der Waals surface area (Å²) in [6, 6.07) is 22.1. The van der Waals surface area contributed by atoms with Crippen LogP contribution in [0.25, 0.3) is 0 Å². The standard InChI is InChI=1S/C22H19Br2NO3.C11H13Cl2NO3/c1-22(2)17(12-19(23)24)20(22)21(26)28-18(13-25)14-7-6-10-16(11-14)27-15-8-4-3-5-9-15;1-11(2)14(10(15)9(12)13)6-8(17-11)7-4-3-5-16-7/h3-12,17-18,20H,1-2H3;3-5,8-9H,6H2,1-2H3/t17-,18+,20-;/m0./s1. The third kappa shape index (κ3) is 8.72. The summed E-state index contributed by atoms with van der Waals surface area (Å²) in [5, 5.41) is 9.56. The molecule has 0 N–H and O–H groups in total. The van der Waals surface area contributed by atoms with Crippen molar-refractivity contribution in [2.24, 2.45) is 17.3 Å². The molecule has 1 saturated carbocycles. The van der Waals surface area contributed by atoms with Gasteiger partial charge in [-0.1, -0.05) is 73.5 Å². The van der Waals surface area contributed by atoms with E-state index in [1.807, 2.05) is 56.3 Å². The van der Waals surface area contributed by atoms with E-state index >= 15 is 0 Å². The molecule has 4 atom stereocenters. The van der Waals surface area contributed by atoms with Crippen molar-refractivity contribution in [3.8, 4) is 17.6 Å². The zero-order chi connectivity index (χ0) is 32.9. The molecule has 1 saturated heterocycles. The summed E-state index contributed by atoms with van der Waals surface area (Å²) in [7, 11) is 0. The van der Waals surface area contributed by atoms with E-state index in [-0.39, 0.29) is 35.2 Å². The number of nitriles is 1. The van der Waals surface area contributed by atoms with Crippen LogP contribution in [0.5, 0.6) is 11.5 Å². The Morgan fingerprint density at radius 2 is 1.73 bits per heavy atom. The largest absolute Gasteiger partial charge is 0.467 e. The van der Waals surface area contributed by atoms with Crippen molar-refractivity contribution >= 4 is 66.9 Å². The average Bonchev–Trinajstić information content (AvgIpc) is 3.36. The number of esters is 1. The number of hydrogen-bond acceptors (Lipinski definition) is 7. The molecule has 0 bridgehead atoms. The first-order valence-corrected chi connectivity index (χ1v) is 16.5. The lowest BCUT2D eigenvalue weighted by atomic mass is 10.1. The molecule has 0 radical (unpaired) electrons. The van der Waals surface area contributed by atoms with Crippen molar-refractivity contribution in [3.05, 3.63) is 93.8 Å². The van der Waals surface area contributed by atoms with E-state index in [1.54, 1.807) is 50.4 Å². The number of furan rings is 1. The number of ether oxygens (including phenoxy) is 3. The molecule has 12 heteroatoms. The van der Waals surface area contributed by atoms with Crippen molar-refractivity contribution in [2.45, 2.75) is 50.5 Å². The van der Waals surface area contributed by atoms with E-state index in [0.717, 1.165) is 3.39 Å². The van der Waals surface area contributed by atoms with E-state index in [0.29, 0.717) is 29.4 Å². The predicted molar refractivity (Wildman–Crippen MR) is 178 cm³/mol. The molecule has 2 aromatic carbocycles. The fourth-order valence-electron chi connectivity index (χ4n) is 5.23. The van der Waals surface area contributed by atoms with Crippen LogP contribution >= 0.6 is 55.1 Å². The summed E-state index contributed by atoms with van der Waals surface area (Å²) < 4.78 is 23.2. The molecule has 5 rings (SSSR count). The normalized spacial score (nSPS) is 21.5. The first-order chi connectivity index (χ1) is 21.2. The number of halogens is 4. The molecular weight excluding hydrogens is 751 g/mol. The van der Waals surface area contributed by atoms with E-state index in [4.69, 9.17) is 41.8 Å². The van der Waals surface area contributed by atoms with Crippen LogP contribution in [-0.4, -0.2) is 33.9 Å². The molecule has 1 aromatic heterocycles. The monoisotopic (exact) mass is 780 g/mol. The van der Waals surface area contributed by atoms with Gasteiger partial charge in [0.2, 0.25) is 6.10 Å². The molecule has 1 aliphatic heterocycles. The number of carbonyl (C=O) groups is 2. The maximum atomic E-state index is 12.7. The molecule has 3 aromatic rings. The van der Waals surface area contributed by atoms with Gasteiger partial charge in [-0.05, 0) is 93.4 Å². The van der Waals surface area contributed by atoms with Crippen molar-refractivity contribution in [1.82, 2.24) is 4.90 Å². The highest BCUT2D eigenvalue weighted by molar-refractivity contribution is 9.28.